The van der Waals surface area contributed by atoms with Gasteiger partial charge in [-0.15, -0.1) is 0 Å². The van der Waals surface area contributed by atoms with Crippen LogP contribution in [0.1, 0.15) is 49.1 Å². The van der Waals surface area contributed by atoms with Gasteiger partial charge < -0.3 is 14.8 Å². The normalized spacial score (nSPS) is 12.8. The molecule has 1 N–H and O–H groups in total. The van der Waals surface area contributed by atoms with Gasteiger partial charge in [0.15, 0.2) is 0 Å². The van der Waals surface area contributed by atoms with Crippen LogP contribution in [0.25, 0.3) is 11.1 Å². The fourth-order valence-electron chi connectivity index (χ4n) is 3.99. The minimum absolute atomic E-state index is 0.0478. The maximum atomic E-state index is 13.8. The molecule has 1 aliphatic heterocycles. The summed E-state index contributed by atoms with van der Waals surface area (Å²) >= 11 is 0. The fraction of sp³-hybridized carbons (Fsp3) is 0.296. The van der Waals surface area contributed by atoms with Crippen molar-refractivity contribution < 1.29 is 27.4 Å². The molecule has 4 nitrogen and oxygen atoms in total. The van der Waals surface area contributed by atoms with Crippen LogP contribution in [0.4, 0.5) is 18.9 Å². The van der Waals surface area contributed by atoms with Crippen LogP contribution in [0.5, 0.6) is 5.75 Å². The molecule has 1 unspecified atom stereocenters. The molecule has 34 heavy (non-hydrogen) atoms. The van der Waals surface area contributed by atoms with Gasteiger partial charge in [-0.05, 0) is 44.0 Å². The zero-order valence-corrected chi connectivity index (χ0v) is 19.6. The summed E-state index contributed by atoms with van der Waals surface area (Å²) in [7, 11) is 0. The van der Waals surface area contributed by atoms with Gasteiger partial charge in [-0.3, -0.25) is 4.79 Å². The number of hydrogen-bond acceptors (Lipinski definition) is 4. The lowest BCUT2D eigenvalue weighted by atomic mass is 9.89. The van der Waals surface area contributed by atoms with Crippen LogP contribution in [-0.4, -0.2) is 12.5 Å². The summed E-state index contributed by atoms with van der Waals surface area (Å²) in [5.41, 5.74) is 2.38. The van der Waals surface area contributed by atoms with E-state index >= 15 is 0 Å². The van der Waals surface area contributed by atoms with Crippen molar-refractivity contribution in [1.29, 1.82) is 0 Å². The Hall–Kier alpha value is -3.48. The molecule has 0 saturated heterocycles. The topological polar surface area (TPSA) is 47.6 Å². The van der Waals surface area contributed by atoms with Crippen LogP contribution >= 0.6 is 0 Å². The number of carbonyl (C=O) groups is 1. The highest BCUT2D eigenvalue weighted by Gasteiger charge is 2.39. The second kappa shape index (κ2) is 10.6. The number of para-hydroxylation sites is 1. The summed E-state index contributed by atoms with van der Waals surface area (Å²) in [5, 5.41) is 3.05. The van der Waals surface area contributed by atoms with Crippen LogP contribution in [0, 0.1) is 6.92 Å². The highest BCUT2D eigenvalue weighted by Crippen LogP contribution is 2.45. The Morgan fingerprint density at radius 1 is 1.12 bits per heavy atom. The largest absolute Gasteiger partial charge is 0.488 e. The molecular formula is C27H28F3NO3. The van der Waals surface area contributed by atoms with Gasteiger partial charge in [-0.25, -0.2) is 0 Å². The average molecular weight is 472 g/mol. The highest BCUT2D eigenvalue weighted by atomic mass is 19.4. The average Bonchev–Trinajstić information content (AvgIpc) is 2.75. The molecule has 4 rings (SSSR count). The van der Waals surface area contributed by atoms with Crippen molar-refractivity contribution in [3.8, 4) is 16.9 Å². The summed E-state index contributed by atoms with van der Waals surface area (Å²) in [5.74, 6) is 0.420. The second-order valence-corrected chi connectivity index (χ2v) is 7.95. The Labute approximate surface area is 197 Å². The van der Waals surface area contributed by atoms with Crippen LogP contribution in [0.2, 0.25) is 0 Å². The quantitative estimate of drug-likeness (QED) is 0.396. The Balaban J connectivity index is 0.000000335. The van der Waals surface area contributed by atoms with E-state index in [0.717, 1.165) is 17.9 Å². The van der Waals surface area contributed by atoms with Crippen molar-refractivity contribution in [3.63, 3.8) is 0 Å². The van der Waals surface area contributed by atoms with E-state index in [-0.39, 0.29) is 11.1 Å². The fourth-order valence-corrected chi connectivity index (χ4v) is 3.99. The van der Waals surface area contributed by atoms with Crippen LogP contribution < -0.4 is 10.1 Å². The van der Waals surface area contributed by atoms with Gasteiger partial charge in [0.1, 0.15) is 18.5 Å². The van der Waals surface area contributed by atoms with Gasteiger partial charge in [0.05, 0.1) is 5.56 Å². The van der Waals surface area contributed by atoms with Gasteiger partial charge in [-0.1, -0.05) is 48.5 Å². The first-order valence-electron chi connectivity index (χ1n) is 11.0. The minimum Gasteiger partial charge on any atom is -0.488 e. The molecule has 0 radical (unpaired) electrons. The van der Waals surface area contributed by atoms with E-state index in [9.17, 15) is 18.0 Å². The molecule has 1 heterocycles. The first-order valence-corrected chi connectivity index (χ1v) is 11.0. The third-order valence-corrected chi connectivity index (χ3v) is 5.39. The van der Waals surface area contributed by atoms with Gasteiger partial charge >= 0.3 is 12.1 Å². The van der Waals surface area contributed by atoms with Crippen molar-refractivity contribution >= 4 is 11.7 Å². The minimum atomic E-state index is -4.56. The predicted molar refractivity (Wildman–Crippen MR) is 127 cm³/mol. The zero-order valence-electron chi connectivity index (χ0n) is 19.6. The van der Waals surface area contributed by atoms with Crippen LogP contribution in [0.3, 0.4) is 0 Å². The Bertz CT molecular complexity index is 1120. The smallest absolute Gasteiger partial charge is 0.417 e. The number of benzene rings is 3. The molecule has 0 amide bonds. The van der Waals surface area contributed by atoms with Gasteiger partial charge in [0.25, 0.3) is 0 Å². The maximum absolute atomic E-state index is 13.8. The number of ether oxygens (including phenoxy) is 2. The number of fused-ring (bicyclic) bond motifs is 1. The van der Waals surface area contributed by atoms with E-state index in [1.807, 2.05) is 55.5 Å². The Morgan fingerprint density at radius 2 is 1.76 bits per heavy atom. The van der Waals surface area contributed by atoms with Crippen molar-refractivity contribution in [2.45, 2.75) is 46.6 Å². The summed E-state index contributed by atoms with van der Waals surface area (Å²) in [4.78, 5) is 11.4. The molecule has 3 aromatic carbocycles. The highest BCUT2D eigenvalue weighted by molar-refractivity contribution is 5.83. The summed E-state index contributed by atoms with van der Waals surface area (Å²) in [6.07, 6.45) is -5.60. The van der Waals surface area contributed by atoms with E-state index in [0.29, 0.717) is 17.8 Å². The monoisotopic (exact) mass is 471 g/mol. The summed E-state index contributed by atoms with van der Waals surface area (Å²) in [6, 6.07) is 18.8. The first-order chi connectivity index (χ1) is 16.1. The van der Waals surface area contributed by atoms with Crippen LogP contribution in [-0.2, 0) is 22.3 Å². The third-order valence-electron chi connectivity index (χ3n) is 5.39. The molecule has 180 valence electrons. The molecule has 0 fully saturated rings. The van der Waals surface area contributed by atoms with Gasteiger partial charge in [0.2, 0.25) is 0 Å². The molecule has 7 heteroatoms. The molecule has 0 aromatic heterocycles. The second-order valence-electron chi connectivity index (χ2n) is 7.95. The maximum Gasteiger partial charge on any atom is 0.417 e. The van der Waals surface area contributed by atoms with Gasteiger partial charge in [-0.2, -0.15) is 13.2 Å². The Morgan fingerprint density at radius 3 is 2.24 bits per heavy atom. The number of aryl methyl sites for hydroxylation is 1. The molecule has 0 spiro atoms. The molecule has 0 saturated carbocycles. The SMILES string of the molecule is CCNc1c(-c2ccccc2)cc(C)c(C(F)(F)F)c1C(C)OC(C)=O.c1ccc2c(c1)CO2. The number of halogens is 3. The summed E-state index contributed by atoms with van der Waals surface area (Å²) in [6.45, 7) is 7.11. The lowest BCUT2D eigenvalue weighted by molar-refractivity contribution is -0.149. The van der Waals surface area contributed by atoms with E-state index in [4.69, 9.17) is 9.47 Å². The zero-order chi connectivity index (χ0) is 24.9. The molecule has 3 aromatic rings. The van der Waals surface area contributed by atoms with E-state index in [1.54, 1.807) is 0 Å². The number of rotatable bonds is 5. The molecule has 0 aliphatic carbocycles. The van der Waals surface area contributed by atoms with E-state index in [2.05, 4.69) is 11.4 Å². The third kappa shape index (κ3) is 5.71. The first kappa shape index (κ1) is 25.1. The van der Waals surface area contributed by atoms with E-state index < -0.39 is 23.8 Å². The van der Waals surface area contributed by atoms with Crippen molar-refractivity contribution in [1.82, 2.24) is 0 Å². The number of alkyl halides is 3. The van der Waals surface area contributed by atoms with E-state index in [1.165, 1.54) is 32.4 Å². The Kier molecular flexibility index (Phi) is 7.87. The van der Waals surface area contributed by atoms with Crippen molar-refractivity contribution in [3.05, 3.63) is 82.9 Å². The molecular weight excluding hydrogens is 443 g/mol. The van der Waals surface area contributed by atoms with Crippen LogP contribution in [0.15, 0.2) is 60.7 Å². The molecule has 1 aliphatic rings. The molecule has 1 atom stereocenters. The predicted octanol–water partition coefficient (Wildman–Crippen LogP) is 7.32. The summed E-state index contributed by atoms with van der Waals surface area (Å²) < 4.78 is 51.6. The number of esters is 1. The van der Waals surface area contributed by atoms with Crippen molar-refractivity contribution in [2.24, 2.45) is 0 Å². The molecule has 0 bridgehead atoms. The number of nitrogens with one attached hydrogen (secondary N) is 1. The number of carbonyl (C=O) groups excluding carboxylic acids is 1. The standard InChI is InChI=1S/C20H22F3NO2.C7H6O/c1-5-24-19-16(15-9-7-6-8-10-15)11-12(2)18(20(21,22)23)17(19)13(3)26-14(4)25;1-2-4-7-6(3-1)5-8-7/h6-11,13,24H,5H2,1-4H3;1-4H,5H2. The number of anilines is 1. The lowest BCUT2D eigenvalue weighted by Crippen LogP contribution is -2.19. The van der Waals surface area contributed by atoms with Gasteiger partial charge in [0, 0.05) is 35.8 Å². The number of hydrogen-bond donors (Lipinski definition) is 1. The lowest BCUT2D eigenvalue weighted by Gasteiger charge is -2.26. The van der Waals surface area contributed by atoms with Crippen molar-refractivity contribution in [2.75, 3.05) is 11.9 Å².